The van der Waals surface area contributed by atoms with Crippen molar-refractivity contribution in [2.24, 2.45) is 0 Å². The Morgan fingerprint density at radius 3 is 1.65 bits per heavy atom. The highest BCUT2D eigenvalue weighted by Gasteiger charge is 2.46. The zero-order chi connectivity index (χ0) is 44.1. The van der Waals surface area contributed by atoms with E-state index in [2.05, 4.69) is 258 Å². The highest BCUT2D eigenvalue weighted by molar-refractivity contribution is 6.09. The SMILES string of the molecule is CC(C)(C)c1ccc(N(c2ccc3c(c2)-c2ccccc2C3(c2ccccc2)c2ccccc2)c2ccc3ccccc3c2-c2ccc3c(c2)C(C)(C)c2ccccc2-3)c2ccccc12. The van der Waals surface area contributed by atoms with Gasteiger partial charge in [-0.3, -0.25) is 0 Å². The largest absolute Gasteiger partial charge is 0.309 e. The van der Waals surface area contributed by atoms with Crippen molar-refractivity contribution in [1.29, 1.82) is 0 Å². The van der Waals surface area contributed by atoms with Crippen molar-refractivity contribution < 1.29 is 0 Å². The minimum absolute atomic E-state index is 0.0403. The maximum atomic E-state index is 2.57. The lowest BCUT2D eigenvalue weighted by Gasteiger charge is -2.34. The molecule has 0 aliphatic heterocycles. The summed E-state index contributed by atoms with van der Waals surface area (Å²) in [6, 6.07) is 82.2. The second-order valence-corrected chi connectivity index (χ2v) is 19.6. The van der Waals surface area contributed by atoms with Gasteiger partial charge in [0.15, 0.2) is 0 Å². The third-order valence-corrected chi connectivity index (χ3v) is 14.7. The van der Waals surface area contributed by atoms with Gasteiger partial charge in [0.25, 0.3) is 0 Å². The molecule has 12 rings (SSSR count). The van der Waals surface area contributed by atoms with Gasteiger partial charge in [-0.1, -0.05) is 223 Å². The zero-order valence-corrected chi connectivity index (χ0v) is 37.7. The number of benzene rings is 10. The molecule has 0 unspecified atom stereocenters. The molecule has 2 aliphatic carbocycles. The predicted octanol–water partition coefficient (Wildman–Crippen LogP) is 17.1. The maximum absolute atomic E-state index is 2.57. The fraction of sp³-hybridized carbons (Fsp3) is 0.125. The van der Waals surface area contributed by atoms with Gasteiger partial charge in [0, 0.05) is 22.1 Å². The van der Waals surface area contributed by atoms with Gasteiger partial charge in [-0.2, -0.15) is 0 Å². The Bertz CT molecular complexity index is 3460. The molecule has 0 spiro atoms. The van der Waals surface area contributed by atoms with E-state index in [9.17, 15) is 0 Å². The van der Waals surface area contributed by atoms with Crippen molar-refractivity contribution in [2.75, 3.05) is 4.90 Å². The lowest BCUT2D eigenvalue weighted by molar-refractivity contribution is 0.596. The summed E-state index contributed by atoms with van der Waals surface area (Å²) in [5, 5.41) is 4.96. The Morgan fingerprint density at radius 1 is 0.385 bits per heavy atom. The van der Waals surface area contributed by atoms with Crippen molar-refractivity contribution in [3.8, 4) is 33.4 Å². The molecule has 0 amide bonds. The molecule has 0 radical (unpaired) electrons. The van der Waals surface area contributed by atoms with E-state index in [1.165, 1.54) is 93.9 Å². The summed E-state index contributed by atoms with van der Waals surface area (Å²) in [4.78, 5) is 2.57. The molecule has 312 valence electrons. The molecule has 0 N–H and O–H groups in total. The van der Waals surface area contributed by atoms with E-state index in [4.69, 9.17) is 0 Å². The number of anilines is 3. The van der Waals surface area contributed by atoms with E-state index in [1.54, 1.807) is 0 Å². The van der Waals surface area contributed by atoms with Crippen LogP contribution in [0.15, 0.2) is 218 Å². The van der Waals surface area contributed by atoms with E-state index in [1.807, 2.05) is 0 Å². The van der Waals surface area contributed by atoms with Crippen LogP contribution in [0, 0.1) is 0 Å². The first-order valence-corrected chi connectivity index (χ1v) is 23.1. The molecule has 65 heavy (non-hydrogen) atoms. The van der Waals surface area contributed by atoms with Gasteiger partial charge < -0.3 is 4.90 Å². The average Bonchev–Trinajstić information content (AvgIpc) is 3.76. The normalized spacial score (nSPS) is 14.2. The number of hydrogen-bond acceptors (Lipinski definition) is 1. The summed E-state index contributed by atoms with van der Waals surface area (Å²) in [5.41, 5.74) is 19.6. The second-order valence-electron chi connectivity index (χ2n) is 19.6. The van der Waals surface area contributed by atoms with Crippen molar-refractivity contribution in [3.05, 3.63) is 257 Å². The van der Waals surface area contributed by atoms with E-state index < -0.39 is 5.41 Å². The minimum atomic E-state index is -0.484. The topological polar surface area (TPSA) is 3.24 Å². The third-order valence-electron chi connectivity index (χ3n) is 14.7. The minimum Gasteiger partial charge on any atom is -0.309 e. The summed E-state index contributed by atoms with van der Waals surface area (Å²) in [5.74, 6) is 0. The summed E-state index contributed by atoms with van der Waals surface area (Å²) < 4.78 is 0. The summed E-state index contributed by atoms with van der Waals surface area (Å²) in [6.45, 7) is 11.7. The Labute approximate surface area is 383 Å². The molecule has 0 aromatic heterocycles. The molecule has 0 saturated carbocycles. The lowest BCUT2D eigenvalue weighted by Crippen LogP contribution is -2.28. The predicted molar refractivity (Wildman–Crippen MR) is 275 cm³/mol. The Hall–Kier alpha value is -7.48. The molecule has 0 bridgehead atoms. The first-order valence-electron chi connectivity index (χ1n) is 23.1. The van der Waals surface area contributed by atoms with Crippen LogP contribution in [0.5, 0.6) is 0 Å². The van der Waals surface area contributed by atoms with E-state index >= 15 is 0 Å². The van der Waals surface area contributed by atoms with Crippen LogP contribution in [0.4, 0.5) is 17.1 Å². The number of nitrogens with zero attached hydrogens (tertiary/aromatic N) is 1. The monoisotopic (exact) mass is 833 g/mol. The van der Waals surface area contributed by atoms with Crippen LogP contribution >= 0.6 is 0 Å². The number of hydrogen-bond donors (Lipinski definition) is 0. The number of fused-ring (bicyclic) bond motifs is 8. The van der Waals surface area contributed by atoms with Crippen LogP contribution in [-0.4, -0.2) is 0 Å². The van der Waals surface area contributed by atoms with Crippen LogP contribution in [0.1, 0.15) is 73.6 Å². The Balaban J connectivity index is 1.17. The molecule has 0 heterocycles. The van der Waals surface area contributed by atoms with Gasteiger partial charge in [0.2, 0.25) is 0 Å². The maximum Gasteiger partial charge on any atom is 0.0713 e. The van der Waals surface area contributed by atoms with Crippen molar-refractivity contribution in [2.45, 2.75) is 50.9 Å². The summed E-state index contributed by atoms with van der Waals surface area (Å²) in [6.07, 6.45) is 0. The fourth-order valence-corrected chi connectivity index (χ4v) is 11.7. The molecule has 10 aromatic carbocycles. The molecule has 10 aromatic rings. The van der Waals surface area contributed by atoms with Crippen molar-refractivity contribution in [3.63, 3.8) is 0 Å². The first kappa shape index (κ1) is 39.1. The van der Waals surface area contributed by atoms with Crippen LogP contribution in [-0.2, 0) is 16.2 Å². The quantitative estimate of drug-likeness (QED) is 0.161. The highest BCUT2D eigenvalue weighted by atomic mass is 15.1. The lowest BCUT2D eigenvalue weighted by atomic mass is 9.68. The van der Waals surface area contributed by atoms with E-state index in [-0.39, 0.29) is 10.8 Å². The van der Waals surface area contributed by atoms with Crippen molar-refractivity contribution in [1.82, 2.24) is 0 Å². The highest BCUT2D eigenvalue weighted by Crippen LogP contribution is 2.58. The smallest absolute Gasteiger partial charge is 0.0713 e. The fourth-order valence-electron chi connectivity index (χ4n) is 11.7. The average molecular weight is 834 g/mol. The van der Waals surface area contributed by atoms with Crippen LogP contribution in [0.2, 0.25) is 0 Å². The third kappa shape index (κ3) is 5.78. The molecule has 0 atom stereocenters. The summed E-state index contributed by atoms with van der Waals surface area (Å²) >= 11 is 0. The molecule has 1 nitrogen and oxygen atoms in total. The van der Waals surface area contributed by atoms with Gasteiger partial charge in [0.1, 0.15) is 0 Å². The van der Waals surface area contributed by atoms with Gasteiger partial charge in [-0.15, -0.1) is 0 Å². The molecular weight excluding hydrogens is 783 g/mol. The Morgan fingerprint density at radius 2 is 0.938 bits per heavy atom. The van der Waals surface area contributed by atoms with E-state index in [0.717, 1.165) is 17.1 Å². The second kappa shape index (κ2) is 14.5. The van der Waals surface area contributed by atoms with Gasteiger partial charge in [-0.05, 0) is 119 Å². The van der Waals surface area contributed by atoms with Crippen LogP contribution < -0.4 is 4.90 Å². The first-order chi connectivity index (χ1) is 31.7. The molecular formula is C64H51N. The Kier molecular flexibility index (Phi) is 8.75. The van der Waals surface area contributed by atoms with E-state index in [0.29, 0.717) is 0 Å². The molecule has 2 aliphatic rings. The zero-order valence-electron chi connectivity index (χ0n) is 37.7. The van der Waals surface area contributed by atoms with Crippen LogP contribution in [0.25, 0.3) is 54.9 Å². The van der Waals surface area contributed by atoms with Gasteiger partial charge in [-0.25, -0.2) is 0 Å². The summed E-state index contributed by atoms with van der Waals surface area (Å²) in [7, 11) is 0. The van der Waals surface area contributed by atoms with Crippen molar-refractivity contribution >= 4 is 38.6 Å². The molecule has 0 saturated heterocycles. The standard InChI is InChI=1S/C64H51N/c1-62(2,3)54-37-39-59(52-29-15-14-27-49(52)54)65(46-34-36-57-53(41-46)50-28-17-19-31-56(50)64(57,44-21-8-6-9-22-44)45-23-10-7-11-24-45)60-38-33-42-20-12-13-25-47(42)61(60)43-32-35-51-48-26-16-18-30-55(48)63(4,5)58(51)40-43/h6-41H,1-5H3. The number of rotatable bonds is 6. The molecule has 1 heteroatoms. The molecule has 0 fully saturated rings. The van der Waals surface area contributed by atoms with Gasteiger partial charge in [0.05, 0.1) is 16.8 Å². The van der Waals surface area contributed by atoms with Gasteiger partial charge >= 0.3 is 0 Å². The van der Waals surface area contributed by atoms with Crippen LogP contribution in [0.3, 0.4) is 0 Å².